The minimum Gasteiger partial charge on any atom is -0.314 e. The van der Waals surface area contributed by atoms with Crippen molar-refractivity contribution >= 4 is 10.1 Å². The van der Waals surface area contributed by atoms with Crippen LogP contribution in [0.4, 0.5) is 0 Å². The Morgan fingerprint density at radius 1 is 1.24 bits per heavy atom. The van der Waals surface area contributed by atoms with Crippen molar-refractivity contribution in [3.63, 3.8) is 0 Å². The fourth-order valence-electron chi connectivity index (χ4n) is 2.18. The van der Waals surface area contributed by atoms with Crippen LogP contribution in [0.25, 0.3) is 0 Å². The lowest BCUT2D eigenvalue weighted by atomic mass is 9.98. The molecule has 0 radical (unpaired) electrons. The van der Waals surface area contributed by atoms with E-state index in [1.807, 2.05) is 0 Å². The first-order chi connectivity index (χ1) is 8.05. The van der Waals surface area contributed by atoms with E-state index in [1.54, 1.807) is 12.1 Å². The first kappa shape index (κ1) is 12.5. The highest BCUT2D eigenvalue weighted by molar-refractivity contribution is 7.85. The summed E-state index contributed by atoms with van der Waals surface area (Å²) in [5, 5.41) is 3.44. The van der Waals surface area contributed by atoms with Crippen LogP contribution in [-0.4, -0.2) is 25.6 Å². The van der Waals surface area contributed by atoms with Gasteiger partial charge in [0.15, 0.2) is 0 Å². The van der Waals surface area contributed by atoms with E-state index in [4.69, 9.17) is 4.55 Å². The van der Waals surface area contributed by atoms with Gasteiger partial charge in [0.1, 0.15) is 0 Å². The van der Waals surface area contributed by atoms with Gasteiger partial charge in [-0.15, -0.1) is 0 Å². The standard InChI is InChI=1S/C12H17NO3S/c14-17(15,16)12-6-4-10(5-7-12)9-11-3-1-2-8-13-11/h4-7,11,13H,1-3,8-9H2,(H,14,15,16). The van der Waals surface area contributed by atoms with Crippen LogP contribution in [0.2, 0.25) is 0 Å². The molecule has 0 aromatic heterocycles. The van der Waals surface area contributed by atoms with Crippen molar-refractivity contribution < 1.29 is 13.0 Å². The van der Waals surface area contributed by atoms with Gasteiger partial charge in [-0.05, 0) is 43.5 Å². The Morgan fingerprint density at radius 3 is 2.47 bits per heavy atom. The molecule has 0 spiro atoms. The monoisotopic (exact) mass is 255 g/mol. The summed E-state index contributed by atoms with van der Waals surface area (Å²) in [5.41, 5.74) is 1.09. The molecule has 1 aromatic rings. The first-order valence-corrected chi connectivity index (χ1v) is 7.29. The van der Waals surface area contributed by atoms with Gasteiger partial charge in [-0.1, -0.05) is 18.6 Å². The van der Waals surface area contributed by atoms with Crippen LogP contribution in [-0.2, 0) is 16.5 Å². The molecule has 5 heteroatoms. The van der Waals surface area contributed by atoms with Crippen molar-refractivity contribution in [2.75, 3.05) is 6.54 Å². The van der Waals surface area contributed by atoms with E-state index >= 15 is 0 Å². The molecule has 4 nitrogen and oxygen atoms in total. The number of nitrogens with one attached hydrogen (secondary N) is 1. The van der Waals surface area contributed by atoms with E-state index in [1.165, 1.54) is 31.4 Å². The van der Waals surface area contributed by atoms with Gasteiger partial charge < -0.3 is 5.32 Å². The van der Waals surface area contributed by atoms with Gasteiger partial charge in [0.2, 0.25) is 0 Å². The van der Waals surface area contributed by atoms with E-state index in [-0.39, 0.29) is 4.90 Å². The number of piperidine rings is 1. The molecule has 1 aliphatic heterocycles. The minimum absolute atomic E-state index is 0.0437. The van der Waals surface area contributed by atoms with Crippen molar-refractivity contribution in [3.05, 3.63) is 29.8 Å². The molecular formula is C12H17NO3S. The molecule has 94 valence electrons. The van der Waals surface area contributed by atoms with Crippen LogP contribution in [0.3, 0.4) is 0 Å². The molecule has 1 unspecified atom stereocenters. The zero-order chi connectivity index (χ0) is 12.3. The second kappa shape index (κ2) is 5.16. The highest BCUT2D eigenvalue weighted by atomic mass is 32.2. The summed E-state index contributed by atoms with van der Waals surface area (Å²) >= 11 is 0. The molecule has 1 heterocycles. The molecule has 0 bridgehead atoms. The SMILES string of the molecule is O=S(=O)(O)c1ccc(CC2CCCCN2)cc1. The third-order valence-electron chi connectivity index (χ3n) is 3.12. The van der Waals surface area contributed by atoms with Gasteiger partial charge in [-0.2, -0.15) is 8.42 Å². The fraction of sp³-hybridized carbons (Fsp3) is 0.500. The number of hydrogen-bond acceptors (Lipinski definition) is 3. The maximum Gasteiger partial charge on any atom is 0.294 e. The molecule has 1 fully saturated rings. The van der Waals surface area contributed by atoms with Gasteiger partial charge >= 0.3 is 0 Å². The Bertz CT molecular complexity index is 461. The number of hydrogen-bond donors (Lipinski definition) is 2. The third kappa shape index (κ3) is 3.52. The van der Waals surface area contributed by atoms with E-state index in [2.05, 4.69) is 5.32 Å². The van der Waals surface area contributed by atoms with Gasteiger partial charge in [0.25, 0.3) is 10.1 Å². The summed E-state index contributed by atoms with van der Waals surface area (Å²) in [6.07, 6.45) is 4.56. The molecule has 0 amide bonds. The molecule has 1 aliphatic rings. The predicted molar refractivity (Wildman–Crippen MR) is 65.6 cm³/mol. The summed E-state index contributed by atoms with van der Waals surface area (Å²) in [7, 11) is -4.07. The molecule has 2 N–H and O–H groups in total. The number of benzene rings is 1. The average molecular weight is 255 g/mol. The quantitative estimate of drug-likeness (QED) is 0.805. The molecule has 1 saturated heterocycles. The zero-order valence-electron chi connectivity index (χ0n) is 9.59. The normalized spacial score (nSPS) is 21.4. The fourth-order valence-corrected chi connectivity index (χ4v) is 2.66. The zero-order valence-corrected chi connectivity index (χ0v) is 10.4. The van der Waals surface area contributed by atoms with Crippen molar-refractivity contribution in [2.45, 2.75) is 36.6 Å². The van der Waals surface area contributed by atoms with Crippen LogP contribution >= 0.6 is 0 Å². The molecule has 0 saturated carbocycles. The Kier molecular flexibility index (Phi) is 3.81. The molecule has 2 rings (SSSR count). The Hall–Kier alpha value is -0.910. The lowest BCUT2D eigenvalue weighted by molar-refractivity contribution is 0.399. The lowest BCUT2D eigenvalue weighted by Gasteiger charge is -2.23. The third-order valence-corrected chi connectivity index (χ3v) is 3.98. The van der Waals surface area contributed by atoms with Gasteiger partial charge in [-0.25, -0.2) is 0 Å². The lowest BCUT2D eigenvalue weighted by Crippen LogP contribution is -2.35. The predicted octanol–water partition coefficient (Wildman–Crippen LogP) is 1.62. The summed E-state index contributed by atoms with van der Waals surface area (Å²) in [6, 6.07) is 6.92. The summed E-state index contributed by atoms with van der Waals surface area (Å²) < 4.78 is 30.6. The van der Waals surface area contributed by atoms with Crippen LogP contribution in [0.5, 0.6) is 0 Å². The maximum atomic E-state index is 10.9. The molecular weight excluding hydrogens is 238 g/mol. The van der Waals surface area contributed by atoms with E-state index < -0.39 is 10.1 Å². The molecule has 17 heavy (non-hydrogen) atoms. The topological polar surface area (TPSA) is 66.4 Å². The van der Waals surface area contributed by atoms with Crippen molar-refractivity contribution in [1.29, 1.82) is 0 Å². The summed E-state index contributed by atoms with van der Waals surface area (Å²) in [4.78, 5) is -0.0437. The van der Waals surface area contributed by atoms with E-state index in [0.717, 1.165) is 18.5 Å². The van der Waals surface area contributed by atoms with E-state index in [0.29, 0.717) is 6.04 Å². The van der Waals surface area contributed by atoms with Gasteiger partial charge in [0.05, 0.1) is 4.90 Å². The molecule has 0 aliphatic carbocycles. The van der Waals surface area contributed by atoms with Crippen molar-refractivity contribution in [3.8, 4) is 0 Å². The highest BCUT2D eigenvalue weighted by Crippen LogP contribution is 2.15. The maximum absolute atomic E-state index is 10.9. The minimum atomic E-state index is -4.07. The van der Waals surface area contributed by atoms with Crippen molar-refractivity contribution in [1.82, 2.24) is 5.32 Å². The average Bonchev–Trinajstić information content (AvgIpc) is 2.30. The van der Waals surface area contributed by atoms with Gasteiger partial charge in [-0.3, -0.25) is 4.55 Å². The second-order valence-electron chi connectivity index (χ2n) is 4.47. The van der Waals surface area contributed by atoms with Crippen LogP contribution < -0.4 is 5.32 Å². The Balaban J connectivity index is 2.03. The smallest absolute Gasteiger partial charge is 0.294 e. The number of rotatable bonds is 3. The largest absolute Gasteiger partial charge is 0.314 e. The molecule has 1 aromatic carbocycles. The Morgan fingerprint density at radius 2 is 1.94 bits per heavy atom. The Labute approximate surface area is 102 Å². The summed E-state index contributed by atoms with van der Waals surface area (Å²) in [6.45, 7) is 1.06. The second-order valence-corrected chi connectivity index (χ2v) is 5.89. The van der Waals surface area contributed by atoms with Crippen LogP contribution in [0, 0.1) is 0 Å². The van der Waals surface area contributed by atoms with Crippen LogP contribution in [0.1, 0.15) is 24.8 Å². The van der Waals surface area contributed by atoms with Gasteiger partial charge in [0, 0.05) is 6.04 Å². The first-order valence-electron chi connectivity index (χ1n) is 5.85. The van der Waals surface area contributed by atoms with Crippen molar-refractivity contribution in [2.24, 2.45) is 0 Å². The summed E-state index contributed by atoms with van der Waals surface area (Å²) in [5.74, 6) is 0. The van der Waals surface area contributed by atoms with E-state index in [9.17, 15) is 8.42 Å². The molecule has 1 atom stereocenters. The highest BCUT2D eigenvalue weighted by Gasteiger charge is 2.14. The van der Waals surface area contributed by atoms with Crippen LogP contribution in [0.15, 0.2) is 29.2 Å².